The molecule has 2 atom stereocenters. The first-order valence-electron chi connectivity index (χ1n) is 7.99. The van der Waals surface area contributed by atoms with Crippen molar-refractivity contribution in [2.24, 2.45) is 0 Å². The molecule has 1 N–H and O–H groups in total. The Hall–Kier alpha value is -0.120. The van der Waals surface area contributed by atoms with Crippen LogP contribution < -0.4 is 5.32 Å². The molecule has 2 fully saturated rings. The summed E-state index contributed by atoms with van der Waals surface area (Å²) in [6.07, 6.45) is 5.37. The van der Waals surface area contributed by atoms with E-state index in [0.29, 0.717) is 0 Å². The molecule has 1 aliphatic heterocycles. The van der Waals surface area contributed by atoms with E-state index < -0.39 is 0 Å². The van der Waals surface area contributed by atoms with E-state index >= 15 is 0 Å². The van der Waals surface area contributed by atoms with Crippen LogP contribution >= 0.6 is 0 Å². The molecule has 0 spiro atoms. The van der Waals surface area contributed by atoms with Crippen LogP contribution in [-0.2, 0) is 4.74 Å². The van der Waals surface area contributed by atoms with E-state index in [4.69, 9.17) is 4.74 Å². The molecule has 0 bridgehead atoms. The fourth-order valence-corrected chi connectivity index (χ4v) is 4.07. The second kappa shape index (κ2) is 5.71. The minimum atomic E-state index is -0.0210. The van der Waals surface area contributed by atoms with Crippen molar-refractivity contribution in [2.45, 2.75) is 83.6 Å². The largest absolute Gasteiger partial charge is 0.367 e. The Labute approximate surface area is 119 Å². The second-order valence-corrected chi connectivity index (χ2v) is 7.60. The molecule has 0 amide bonds. The third kappa shape index (κ3) is 4.17. The Kier molecular flexibility index (Phi) is 4.59. The van der Waals surface area contributed by atoms with Crippen LogP contribution in [0, 0.1) is 0 Å². The summed E-state index contributed by atoms with van der Waals surface area (Å²) in [6, 6.07) is 1.46. The minimum absolute atomic E-state index is 0.0210. The van der Waals surface area contributed by atoms with Gasteiger partial charge in [0.15, 0.2) is 0 Å². The lowest BCUT2D eigenvalue weighted by Crippen LogP contribution is -2.60. The number of nitrogens with one attached hydrogen (secondary N) is 1. The maximum Gasteiger partial charge on any atom is 0.0760 e. The first kappa shape index (κ1) is 15.3. The quantitative estimate of drug-likeness (QED) is 0.852. The van der Waals surface area contributed by atoms with Gasteiger partial charge in [0.2, 0.25) is 0 Å². The lowest BCUT2D eigenvalue weighted by molar-refractivity contribution is -0.189. The molecule has 3 nitrogen and oxygen atoms in total. The van der Waals surface area contributed by atoms with Crippen LogP contribution in [0.4, 0.5) is 0 Å². The van der Waals surface area contributed by atoms with Crippen molar-refractivity contribution in [3.8, 4) is 0 Å². The summed E-state index contributed by atoms with van der Waals surface area (Å²) < 4.78 is 6.20. The van der Waals surface area contributed by atoms with Crippen molar-refractivity contribution in [1.29, 1.82) is 0 Å². The van der Waals surface area contributed by atoms with Gasteiger partial charge in [-0.1, -0.05) is 13.3 Å². The number of hydrogen-bond acceptors (Lipinski definition) is 3. The summed E-state index contributed by atoms with van der Waals surface area (Å²) in [7, 11) is 0. The molecule has 0 aromatic heterocycles. The van der Waals surface area contributed by atoms with Gasteiger partial charge >= 0.3 is 0 Å². The van der Waals surface area contributed by atoms with Gasteiger partial charge in [0.25, 0.3) is 0 Å². The number of rotatable bonds is 3. The van der Waals surface area contributed by atoms with Crippen LogP contribution in [0.2, 0.25) is 0 Å². The van der Waals surface area contributed by atoms with Gasteiger partial charge in [0.05, 0.1) is 11.2 Å². The van der Waals surface area contributed by atoms with Gasteiger partial charge in [-0.15, -0.1) is 0 Å². The van der Waals surface area contributed by atoms with Crippen molar-refractivity contribution < 1.29 is 4.74 Å². The van der Waals surface area contributed by atoms with Gasteiger partial charge < -0.3 is 10.1 Å². The molecule has 0 aromatic rings. The molecular weight excluding hydrogens is 236 g/mol. The number of nitrogens with zero attached hydrogens (tertiary/aromatic N) is 1. The maximum atomic E-state index is 6.20. The fourth-order valence-electron chi connectivity index (χ4n) is 4.07. The highest BCUT2D eigenvalue weighted by Gasteiger charge is 2.41. The van der Waals surface area contributed by atoms with Crippen molar-refractivity contribution >= 4 is 0 Å². The third-order valence-electron chi connectivity index (χ3n) is 4.38. The second-order valence-electron chi connectivity index (χ2n) is 7.60. The molecule has 2 rings (SSSR count). The van der Waals surface area contributed by atoms with Crippen LogP contribution in [0.5, 0.6) is 0 Å². The highest BCUT2D eigenvalue weighted by atomic mass is 16.5. The summed E-state index contributed by atoms with van der Waals surface area (Å²) in [4.78, 5) is 2.69. The van der Waals surface area contributed by atoms with Crippen molar-refractivity contribution in [3.05, 3.63) is 0 Å². The van der Waals surface area contributed by atoms with E-state index in [-0.39, 0.29) is 11.2 Å². The standard InChI is InChI=1S/C16H32N2O/c1-6-17-13-8-7-9-14(10-13)18-11-15(2,3)19-16(4,5)12-18/h13-14,17H,6-12H2,1-5H3. The summed E-state index contributed by atoms with van der Waals surface area (Å²) >= 11 is 0. The van der Waals surface area contributed by atoms with E-state index in [2.05, 4.69) is 44.8 Å². The summed E-state index contributed by atoms with van der Waals surface area (Å²) in [5.41, 5.74) is -0.0419. The van der Waals surface area contributed by atoms with E-state index in [9.17, 15) is 0 Å². The Bertz CT molecular complexity index is 283. The molecule has 2 unspecified atom stereocenters. The SMILES string of the molecule is CCNC1CCCC(N2CC(C)(C)OC(C)(C)C2)C1. The van der Waals surface area contributed by atoms with E-state index in [1.165, 1.54) is 25.7 Å². The zero-order valence-corrected chi connectivity index (χ0v) is 13.5. The van der Waals surface area contributed by atoms with Crippen LogP contribution in [0.25, 0.3) is 0 Å². The topological polar surface area (TPSA) is 24.5 Å². The number of hydrogen-bond donors (Lipinski definition) is 1. The average molecular weight is 268 g/mol. The van der Waals surface area contributed by atoms with Gasteiger partial charge in [0, 0.05) is 25.2 Å². The molecule has 0 aromatic carbocycles. The Morgan fingerprint density at radius 2 is 1.74 bits per heavy atom. The lowest BCUT2D eigenvalue weighted by Gasteiger charge is -2.51. The highest BCUT2D eigenvalue weighted by Crippen LogP contribution is 2.33. The van der Waals surface area contributed by atoms with Crippen LogP contribution in [0.15, 0.2) is 0 Å². The van der Waals surface area contributed by atoms with E-state index in [0.717, 1.165) is 31.7 Å². The maximum absolute atomic E-state index is 6.20. The van der Waals surface area contributed by atoms with Crippen molar-refractivity contribution in [1.82, 2.24) is 10.2 Å². The average Bonchev–Trinajstić information content (AvgIpc) is 2.25. The summed E-state index contributed by atoms with van der Waals surface area (Å²) in [5, 5.41) is 3.64. The fraction of sp³-hybridized carbons (Fsp3) is 1.00. The van der Waals surface area contributed by atoms with Crippen LogP contribution in [-0.4, -0.2) is 47.8 Å². The van der Waals surface area contributed by atoms with E-state index in [1.54, 1.807) is 0 Å². The molecule has 1 saturated carbocycles. The zero-order valence-electron chi connectivity index (χ0n) is 13.5. The number of ether oxygens (including phenoxy) is 1. The molecule has 3 heteroatoms. The smallest absolute Gasteiger partial charge is 0.0760 e. The molecule has 1 saturated heterocycles. The highest BCUT2D eigenvalue weighted by molar-refractivity contribution is 4.94. The first-order chi connectivity index (χ1) is 8.81. The predicted molar refractivity (Wildman–Crippen MR) is 80.5 cm³/mol. The molecule has 0 radical (unpaired) electrons. The monoisotopic (exact) mass is 268 g/mol. The van der Waals surface area contributed by atoms with Gasteiger partial charge in [0.1, 0.15) is 0 Å². The predicted octanol–water partition coefficient (Wildman–Crippen LogP) is 2.80. The summed E-state index contributed by atoms with van der Waals surface area (Å²) in [5.74, 6) is 0. The van der Waals surface area contributed by atoms with Crippen LogP contribution in [0.3, 0.4) is 0 Å². The lowest BCUT2D eigenvalue weighted by atomic mass is 9.87. The molecule has 1 heterocycles. The molecular formula is C16H32N2O. The first-order valence-corrected chi connectivity index (χ1v) is 7.99. The van der Waals surface area contributed by atoms with Gasteiger partial charge in [-0.25, -0.2) is 0 Å². The Morgan fingerprint density at radius 3 is 2.32 bits per heavy atom. The molecule has 2 aliphatic rings. The zero-order chi connectivity index (χ0) is 14.1. The molecule has 1 aliphatic carbocycles. The Balaban J connectivity index is 2.00. The number of morpholine rings is 1. The summed E-state index contributed by atoms with van der Waals surface area (Å²) in [6.45, 7) is 14.4. The van der Waals surface area contributed by atoms with Crippen LogP contribution in [0.1, 0.15) is 60.3 Å². The third-order valence-corrected chi connectivity index (χ3v) is 4.38. The van der Waals surface area contributed by atoms with Crippen molar-refractivity contribution in [2.75, 3.05) is 19.6 Å². The van der Waals surface area contributed by atoms with Gasteiger partial charge in [-0.3, -0.25) is 4.90 Å². The molecule has 19 heavy (non-hydrogen) atoms. The van der Waals surface area contributed by atoms with E-state index in [1.807, 2.05) is 0 Å². The Morgan fingerprint density at radius 1 is 1.11 bits per heavy atom. The van der Waals surface area contributed by atoms with Gasteiger partial charge in [-0.2, -0.15) is 0 Å². The van der Waals surface area contributed by atoms with Gasteiger partial charge in [-0.05, 0) is 53.5 Å². The normalized spacial score (nSPS) is 35.2. The van der Waals surface area contributed by atoms with Crippen molar-refractivity contribution in [3.63, 3.8) is 0 Å². The molecule has 112 valence electrons. The minimum Gasteiger partial charge on any atom is -0.367 e.